The van der Waals surface area contributed by atoms with Crippen molar-refractivity contribution < 1.29 is 4.79 Å². The zero-order valence-corrected chi connectivity index (χ0v) is 18.4. The van der Waals surface area contributed by atoms with Crippen LogP contribution in [0.2, 0.25) is 0 Å². The molecule has 0 unspecified atom stereocenters. The first-order valence-electron chi connectivity index (χ1n) is 11.2. The van der Waals surface area contributed by atoms with Gasteiger partial charge in [-0.1, -0.05) is 73.7 Å². The molecule has 1 saturated carbocycles. The molecule has 1 aliphatic carbocycles. The molecule has 2 aromatic carbocycles. The summed E-state index contributed by atoms with van der Waals surface area (Å²) < 4.78 is 2.17. The number of aromatic nitrogens is 2. The molecule has 1 amide bonds. The van der Waals surface area contributed by atoms with E-state index >= 15 is 0 Å². The van der Waals surface area contributed by atoms with Gasteiger partial charge in [0.05, 0.1) is 0 Å². The maximum Gasteiger partial charge on any atom is 0.232 e. The third kappa shape index (κ3) is 3.83. The van der Waals surface area contributed by atoms with Crippen LogP contribution in [0.3, 0.4) is 0 Å². The molecule has 0 saturated heterocycles. The lowest BCUT2D eigenvalue weighted by Gasteiger charge is -2.37. The van der Waals surface area contributed by atoms with Crippen LogP contribution < -0.4 is 5.73 Å². The fourth-order valence-electron chi connectivity index (χ4n) is 5.41. The highest BCUT2D eigenvalue weighted by Gasteiger charge is 2.49. The molecular weight excluding hydrogens is 382 g/mol. The number of amides is 1. The Morgan fingerprint density at radius 2 is 1.71 bits per heavy atom. The van der Waals surface area contributed by atoms with Crippen LogP contribution in [0.5, 0.6) is 0 Å². The highest BCUT2D eigenvalue weighted by Crippen LogP contribution is 2.49. The van der Waals surface area contributed by atoms with Crippen LogP contribution in [-0.2, 0) is 10.2 Å². The average Bonchev–Trinajstić information content (AvgIpc) is 3.43. The van der Waals surface area contributed by atoms with Crippen molar-refractivity contribution in [3.63, 3.8) is 0 Å². The molecule has 1 aliphatic rings. The molecule has 0 bridgehead atoms. The molecule has 1 fully saturated rings. The second-order valence-electron chi connectivity index (χ2n) is 8.53. The molecule has 3 aromatic rings. The Bertz CT molecular complexity index is 1010. The number of carbonyl (C=O) groups is 1. The normalized spacial score (nSPS) is 19.5. The monoisotopic (exact) mass is 413 g/mol. The average molecular weight is 414 g/mol. The third-order valence-electron chi connectivity index (χ3n) is 6.86. The van der Waals surface area contributed by atoms with Crippen molar-refractivity contribution in [2.45, 2.75) is 44.9 Å². The van der Waals surface area contributed by atoms with Gasteiger partial charge in [-0.2, -0.15) is 0 Å². The smallest absolute Gasteiger partial charge is 0.232 e. The molecule has 4 heteroatoms. The van der Waals surface area contributed by atoms with Crippen molar-refractivity contribution in [2.24, 2.45) is 17.6 Å². The highest BCUT2D eigenvalue weighted by atomic mass is 16.1. The number of imidazole rings is 1. The number of hydrogen-bond donors (Lipinski definition) is 1. The summed E-state index contributed by atoms with van der Waals surface area (Å²) in [6.07, 6.45) is 10.2. The molecular formula is C27H31N3O. The standard InChI is InChI=1S/C27H31N3O/c1-3-25(30-17-16-29-20(30)2)19-21-14-15-24(18-21)27(26(28)31,22-10-6-4-7-11-22)23-12-8-5-9-13-23/h4-13,16-17,19,21,24H,3,14-15,18H2,1-2H3,(H2,28,31)/b25-19+/t21-,24+/m0/s1. The molecule has 0 spiro atoms. The summed E-state index contributed by atoms with van der Waals surface area (Å²) in [5, 5.41) is 0. The van der Waals surface area contributed by atoms with Gasteiger partial charge in [0.25, 0.3) is 0 Å². The van der Waals surface area contributed by atoms with Gasteiger partial charge in [-0.15, -0.1) is 0 Å². The summed E-state index contributed by atoms with van der Waals surface area (Å²) in [7, 11) is 0. The minimum atomic E-state index is -0.817. The van der Waals surface area contributed by atoms with Crippen LogP contribution in [-0.4, -0.2) is 15.5 Å². The predicted octanol–water partition coefficient (Wildman–Crippen LogP) is 5.33. The van der Waals surface area contributed by atoms with Gasteiger partial charge in [-0.25, -0.2) is 4.98 Å². The van der Waals surface area contributed by atoms with Gasteiger partial charge in [0.2, 0.25) is 5.91 Å². The van der Waals surface area contributed by atoms with Gasteiger partial charge < -0.3 is 10.3 Å². The zero-order chi connectivity index (χ0) is 21.8. The van der Waals surface area contributed by atoms with Crippen molar-refractivity contribution in [1.29, 1.82) is 0 Å². The van der Waals surface area contributed by atoms with E-state index in [9.17, 15) is 4.79 Å². The number of carbonyl (C=O) groups excluding carboxylic acids is 1. The molecule has 31 heavy (non-hydrogen) atoms. The van der Waals surface area contributed by atoms with Crippen LogP contribution in [0.1, 0.15) is 49.6 Å². The van der Waals surface area contributed by atoms with E-state index in [1.165, 1.54) is 5.70 Å². The Balaban J connectivity index is 1.73. The number of nitrogens with zero attached hydrogens (tertiary/aromatic N) is 2. The molecule has 1 heterocycles. The van der Waals surface area contributed by atoms with Gasteiger partial charge in [-0.3, -0.25) is 4.79 Å². The van der Waals surface area contributed by atoms with Crippen molar-refractivity contribution in [3.05, 3.63) is 96.1 Å². The lowest BCUT2D eigenvalue weighted by molar-refractivity contribution is -0.123. The summed E-state index contributed by atoms with van der Waals surface area (Å²) >= 11 is 0. The Morgan fingerprint density at radius 1 is 1.10 bits per heavy atom. The summed E-state index contributed by atoms with van der Waals surface area (Å²) in [5.74, 6) is 1.30. The molecule has 4 rings (SSSR count). The number of allylic oxidation sites excluding steroid dienone is 2. The second kappa shape index (κ2) is 8.93. The molecule has 4 nitrogen and oxygen atoms in total. The number of hydrogen-bond acceptors (Lipinski definition) is 2. The summed E-state index contributed by atoms with van der Waals surface area (Å²) in [6, 6.07) is 20.2. The fraction of sp³-hybridized carbons (Fsp3) is 0.333. The van der Waals surface area contributed by atoms with Crippen LogP contribution in [0.15, 0.2) is 79.1 Å². The maximum absolute atomic E-state index is 13.2. The second-order valence-corrected chi connectivity index (χ2v) is 8.53. The summed E-state index contributed by atoms with van der Waals surface area (Å²) in [4.78, 5) is 17.6. The van der Waals surface area contributed by atoms with Gasteiger partial charge in [0.15, 0.2) is 0 Å². The first-order chi connectivity index (χ1) is 15.1. The summed E-state index contributed by atoms with van der Waals surface area (Å²) in [6.45, 7) is 4.21. The number of rotatable bonds is 7. The topological polar surface area (TPSA) is 60.9 Å². The van der Waals surface area contributed by atoms with E-state index in [4.69, 9.17) is 5.73 Å². The quantitative estimate of drug-likeness (QED) is 0.569. The van der Waals surface area contributed by atoms with Crippen molar-refractivity contribution in [2.75, 3.05) is 0 Å². The van der Waals surface area contributed by atoms with Crippen molar-refractivity contribution in [1.82, 2.24) is 9.55 Å². The van der Waals surface area contributed by atoms with E-state index in [1.54, 1.807) is 0 Å². The minimum absolute atomic E-state index is 0.151. The fourth-order valence-corrected chi connectivity index (χ4v) is 5.41. The molecule has 160 valence electrons. The van der Waals surface area contributed by atoms with Gasteiger partial charge in [0.1, 0.15) is 11.2 Å². The molecule has 0 radical (unpaired) electrons. The van der Waals surface area contributed by atoms with Crippen molar-refractivity contribution >= 4 is 11.6 Å². The number of aryl methyl sites for hydroxylation is 1. The summed E-state index contributed by atoms with van der Waals surface area (Å²) in [5.41, 5.74) is 8.65. The molecule has 2 N–H and O–H groups in total. The van der Waals surface area contributed by atoms with Gasteiger partial charge in [0, 0.05) is 18.1 Å². The van der Waals surface area contributed by atoms with Gasteiger partial charge in [-0.05, 0) is 55.6 Å². The van der Waals surface area contributed by atoms with E-state index in [2.05, 4.69) is 22.6 Å². The predicted molar refractivity (Wildman–Crippen MR) is 125 cm³/mol. The first-order valence-corrected chi connectivity index (χ1v) is 11.2. The SMILES string of the molecule is CC/C(=C\[C@H]1CC[C@@H](C(C(N)=O)(c2ccccc2)c2ccccc2)C1)n1ccnc1C. The van der Waals surface area contributed by atoms with E-state index in [0.29, 0.717) is 5.92 Å². The Hall–Kier alpha value is -3.14. The van der Waals surface area contributed by atoms with Crippen LogP contribution >= 0.6 is 0 Å². The Labute approximate surface area is 184 Å². The number of benzene rings is 2. The van der Waals surface area contributed by atoms with E-state index in [1.807, 2.05) is 80.0 Å². The van der Waals surface area contributed by atoms with Gasteiger partial charge >= 0.3 is 0 Å². The number of primary amides is 1. The van der Waals surface area contributed by atoms with E-state index in [0.717, 1.165) is 42.6 Å². The molecule has 0 aliphatic heterocycles. The Morgan fingerprint density at radius 3 is 2.19 bits per heavy atom. The van der Waals surface area contributed by atoms with E-state index < -0.39 is 5.41 Å². The third-order valence-corrected chi connectivity index (χ3v) is 6.86. The largest absolute Gasteiger partial charge is 0.369 e. The lowest BCUT2D eigenvalue weighted by Crippen LogP contribution is -2.47. The lowest BCUT2D eigenvalue weighted by atomic mass is 9.64. The first kappa shape index (κ1) is 21.1. The zero-order valence-electron chi connectivity index (χ0n) is 18.4. The maximum atomic E-state index is 13.2. The number of nitrogens with two attached hydrogens (primary N) is 1. The van der Waals surface area contributed by atoms with Crippen molar-refractivity contribution in [3.8, 4) is 0 Å². The minimum Gasteiger partial charge on any atom is -0.369 e. The van der Waals surface area contributed by atoms with Crippen LogP contribution in [0.25, 0.3) is 5.70 Å². The van der Waals surface area contributed by atoms with Crippen LogP contribution in [0.4, 0.5) is 0 Å². The highest BCUT2D eigenvalue weighted by molar-refractivity contribution is 5.91. The Kier molecular flexibility index (Phi) is 6.08. The van der Waals surface area contributed by atoms with Crippen LogP contribution in [0, 0.1) is 18.8 Å². The van der Waals surface area contributed by atoms with E-state index in [-0.39, 0.29) is 11.8 Å². The molecule has 2 atom stereocenters. The molecule has 1 aromatic heterocycles.